The van der Waals surface area contributed by atoms with Gasteiger partial charge in [-0.1, -0.05) is 0 Å². The third-order valence-corrected chi connectivity index (χ3v) is 3.30. The van der Waals surface area contributed by atoms with Crippen LogP contribution in [0.1, 0.15) is 5.01 Å². The molecule has 0 bridgehead atoms. The van der Waals surface area contributed by atoms with E-state index in [9.17, 15) is 4.39 Å². The minimum atomic E-state index is -0.226. The van der Waals surface area contributed by atoms with Crippen LogP contribution in [-0.4, -0.2) is 25.2 Å². The first-order valence-corrected chi connectivity index (χ1v) is 6.57. The van der Waals surface area contributed by atoms with Crippen LogP contribution >= 0.6 is 11.3 Å². The Labute approximate surface area is 110 Å². The predicted octanol–water partition coefficient (Wildman–Crippen LogP) is 2.69. The number of rotatable bonds is 6. The number of thiazole rings is 1. The van der Waals surface area contributed by atoms with Gasteiger partial charge in [0.05, 0.1) is 12.3 Å². The van der Waals surface area contributed by atoms with E-state index in [1.54, 1.807) is 30.6 Å². The van der Waals surface area contributed by atoms with E-state index in [-0.39, 0.29) is 5.82 Å². The fraction of sp³-hybridized carbons (Fsp3) is 0.308. The van der Waals surface area contributed by atoms with Crippen molar-refractivity contribution >= 4 is 11.3 Å². The number of ether oxygens (including phenoxy) is 1. The molecular weight excluding hydrogens is 251 g/mol. The lowest BCUT2D eigenvalue weighted by molar-refractivity contribution is 0.199. The fourth-order valence-electron chi connectivity index (χ4n) is 1.51. The lowest BCUT2D eigenvalue weighted by Gasteiger charge is -2.00. The van der Waals surface area contributed by atoms with Gasteiger partial charge in [-0.2, -0.15) is 0 Å². The van der Waals surface area contributed by atoms with E-state index in [4.69, 9.17) is 4.74 Å². The average Bonchev–Trinajstić information content (AvgIpc) is 2.84. The summed E-state index contributed by atoms with van der Waals surface area (Å²) in [6.45, 7) is 2.23. The first-order valence-electron chi connectivity index (χ1n) is 5.69. The summed E-state index contributed by atoms with van der Waals surface area (Å²) in [5.41, 5.74) is 1.83. The van der Waals surface area contributed by atoms with Gasteiger partial charge in [-0.3, -0.25) is 0 Å². The van der Waals surface area contributed by atoms with Gasteiger partial charge in [0.2, 0.25) is 0 Å². The summed E-state index contributed by atoms with van der Waals surface area (Å²) < 4.78 is 17.8. The number of methoxy groups -OCH3 is 1. The number of nitrogens with zero attached hydrogens (tertiary/aromatic N) is 1. The van der Waals surface area contributed by atoms with Gasteiger partial charge in [-0.05, 0) is 24.3 Å². The van der Waals surface area contributed by atoms with Crippen LogP contribution in [0.25, 0.3) is 11.3 Å². The number of aromatic nitrogens is 1. The van der Waals surface area contributed by atoms with E-state index in [0.717, 1.165) is 29.4 Å². The van der Waals surface area contributed by atoms with Crippen molar-refractivity contribution in [2.75, 3.05) is 20.3 Å². The van der Waals surface area contributed by atoms with Gasteiger partial charge in [-0.15, -0.1) is 11.3 Å². The van der Waals surface area contributed by atoms with Gasteiger partial charge in [0.25, 0.3) is 0 Å². The summed E-state index contributed by atoms with van der Waals surface area (Å²) in [5, 5.41) is 6.25. The number of hydrogen-bond acceptors (Lipinski definition) is 4. The molecule has 0 fully saturated rings. The zero-order valence-electron chi connectivity index (χ0n) is 10.1. The highest BCUT2D eigenvalue weighted by Crippen LogP contribution is 2.21. The molecular formula is C13H15FN2OS. The molecule has 2 aromatic rings. The van der Waals surface area contributed by atoms with E-state index >= 15 is 0 Å². The second-order valence-electron chi connectivity index (χ2n) is 3.80. The van der Waals surface area contributed by atoms with E-state index in [0.29, 0.717) is 6.61 Å². The Morgan fingerprint density at radius 2 is 2.11 bits per heavy atom. The quantitative estimate of drug-likeness (QED) is 0.816. The molecule has 0 aliphatic carbocycles. The Morgan fingerprint density at radius 1 is 1.33 bits per heavy atom. The summed E-state index contributed by atoms with van der Waals surface area (Å²) >= 11 is 1.60. The maximum absolute atomic E-state index is 12.8. The monoisotopic (exact) mass is 266 g/mol. The largest absolute Gasteiger partial charge is 0.383 e. The Hall–Kier alpha value is -1.30. The summed E-state index contributed by atoms with van der Waals surface area (Å²) in [7, 11) is 1.68. The van der Waals surface area contributed by atoms with Gasteiger partial charge in [0.1, 0.15) is 10.8 Å². The van der Waals surface area contributed by atoms with Crippen LogP contribution in [0.2, 0.25) is 0 Å². The van der Waals surface area contributed by atoms with Crippen LogP contribution in [-0.2, 0) is 11.3 Å². The van der Waals surface area contributed by atoms with E-state index in [1.165, 1.54) is 12.1 Å². The van der Waals surface area contributed by atoms with E-state index < -0.39 is 0 Å². The van der Waals surface area contributed by atoms with Crippen LogP contribution in [0.5, 0.6) is 0 Å². The topological polar surface area (TPSA) is 34.1 Å². The molecule has 0 atom stereocenters. The highest BCUT2D eigenvalue weighted by molar-refractivity contribution is 7.09. The minimum absolute atomic E-state index is 0.226. The zero-order chi connectivity index (χ0) is 12.8. The van der Waals surface area contributed by atoms with Gasteiger partial charge < -0.3 is 10.1 Å². The molecule has 0 spiro atoms. The smallest absolute Gasteiger partial charge is 0.123 e. The third-order valence-electron chi connectivity index (χ3n) is 2.45. The number of nitrogens with one attached hydrogen (secondary N) is 1. The fourth-order valence-corrected chi connectivity index (χ4v) is 2.29. The Balaban J connectivity index is 1.95. The second kappa shape index (κ2) is 6.58. The lowest BCUT2D eigenvalue weighted by atomic mass is 10.2. The standard InChI is InChI=1S/C13H15FN2OS/c1-17-7-6-15-8-13-16-12(9-18-13)10-2-4-11(14)5-3-10/h2-5,9,15H,6-8H2,1H3. The van der Waals surface area contributed by atoms with Crippen molar-refractivity contribution < 1.29 is 9.13 Å². The Morgan fingerprint density at radius 3 is 2.83 bits per heavy atom. The summed E-state index contributed by atoms with van der Waals surface area (Å²) in [5.74, 6) is -0.226. The maximum Gasteiger partial charge on any atom is 0.123 e. The van der Waals surface area contributed by atoms with Crippen molar-refractivity contribution in [3.8, 4) is 11.3 Å². The van der Waals surface area contributed by atoms with Crippen molar-refractivity contribution in [1.82, 2.24) is 10.3 Å². The third kappa shape index (κ3) is 3.60. The molecule has 0 radical (unpaired) electrons. The van der Waals surface area contributed by atoms with Gasteiger partial charge in [-0.25, -0.2) is 9.37 Å². The normalized spacial score (nSPS) is 10.8. The van der Waals surface area contributed by atoms with Crippen LogP contribution in [0.3, 0.4) is 0 Å². The van der Waals surface area contributed by atoms with Crippen molar-refractivity contribution in [2.24, 2.45) is 0 Å². The van der Waals surface area contributed by atoms with Gasteiger partial charge in [0.15, 0.2) is 0 Å². The lowest BCUT2D eigenvalue weighted by Crippen LogP contribution is -2.18. The minimum Gasteiger partial charge on any atom is -0.383 e. The van der Waals surface area contributed by atoms with Crippen LogP contribution in [0.4, 0.5) is 4.39 Å². The highest BCUT2D eigenvalue weighted by atomic mass is 32.1. The zero-order valence-corrected chi connectivity index (χ0v) is 11.0. The molecule has 0 saturated heterocycles. The molecule has 0 saturated carbocycles. The molecule has 5 heteroatoms. The molecule has 0 amide bonds. The first kappa shape index (κ1) is 13.1. The number of benzene rings is 1. The molecule has 0 aliphatic rings. The van der Waals surface area contributed by atoms with E-state index in [2.05, 4.69) is 10.3 Å². The van der Waals surface area contributed by atoms with Crippen LogP contribution in [0, 0.1) is 5.82 Å². The Kier molecular flexibility index (Phi) is 4.81. The summed E-state index contributed by atoms with van der Waals surface area (Å²) in [6, 6.07) is 6.38. The molecule has 1 heterocycles. The molecule has 1 aromatic carbocycles. The van der Waals surface area contributed by atoms with Crippen molar-refractivity contribution in [3.63, 3.8) is 0 Å². The SMILES string of the molecule is COCCNCc1nc(-c2ccc(F)cc2)cs1. The molecule has 2 rings (SSSR count). The Bertz CT molecular complexity index is 484. The molecule has 3 nitrogen and oxygen atoms in total. The van der Waals surface area contributed by atoms with Crippen molar-refractivity contribution in [2.45, 2.75) is 6.54 Å². The highest BCUT2D eigenvalue weighted by Gasteiger charge is 2.04. The van der Waals surface area contributed by atoms with Gasteiger partial charge >= 0.3 is 0 Å². The van der Waals surface area contributed by atoms with Crippen molar-refractivity contribution in [3.05, 3.63) is 40.5 Å². The average molecular weight is 266 g/mol. The maximum atomic E-state index is 12.8. The molecule has 0 unspecified atom stereocenters. The number of halogens is 1. The summed E-state index contributed by atoms with van der Waals surface area (Å²) in [4.78, 5) is 4.50. The van der Waals surface area contributed by atoms with Gasteiger partial charge in [0, 0.05) is 31.1 Å². The molecule has 96 valence electrons. The molecule has 1 N–H and O–H groups in total. The predicted molar refractivity (Wildman–Crippen MR) is 71.1 cm³/mol. The number of hydrogen-bond donors (Lipinski definition) is 1. The first-order chi connectivity index (χ1) is 8.79. The summed E-state index contributed by atoms with van der Waals surface area (Å²) in [6.07, 6.45) is 0. The molecule has 0 aliphatic heterocycles. The van der Waals surface area contributed by atoms with Crippen LogP contribution in [0.15, 0.2) is 29.6 Å². The second-order valence-corrected chi connectivity index (χ2v) is 4.75. The van der Waals surface area contributed by atoms with Crippen molar-refractivity contribution in [1.29, 1.82) is 0 Å². The van der Waals surface area contributed by atoms with Crippen LogP contribution < -0.4 is 5.32 Å². The van der Waals surface area contributed by atoms with E-state index in [1.807, 2.05) is 5.38 Å². The molecule has 18 heavy (non-hydrogen) atoms. The molecule has 1 aromatic heterocycles.